The maximum absolute atomic E-state index is 12.7. The molecule has 0 fully saturated rings. The zero-order valence-corrected chi connectivity index (χ0v) is 17.2. The van der Waals surface area contributed by atoms with Gasteiger partial charge in [0, 0.05) is 23.3 Å². The summed E-state index contributed by atoms with van der Waals surface area (Å²) in [4.78, 5) is 35.7. The van der Waals surface area contributed by atoms with Gasteiger partial charge in [0.2, 0.25) is 0 Å². The number of carbonyl (C=O) groups excluding carboxylic acids is 2. The van der Waals surface area contributed by atoms with E-state index in [0.29, 0.717) is 11.1 Å². The summed E-state index contributed by atoms with van der Waals surface area (Å²) >= 11 is 0. The summed E-state index contributed by atoms with van der Waals surface area (Å²) in [5.41, 5.74) is 3.12. The number of nitrogens with one attached hydrogen (secondary N) is 1. The van der Waals surface area contributed by atoms with Gasteiger partial charge in [0.15, 0.2) is 0 Å². The SMILES string of the molecule is O=C(Oc1ccc([N+](=O)[O-])cc1/C=N/NC(=O)c1cccc2ccccc12)c1ccccc1. The Kier molecular flexibility index (Phi) is 6.17. The number of esters is 1. The van der Waals surface area contributed by atoms with Gasteiger partial charge in [0.1, 0.15) is 5.75 Å². The van der Waals surface area contributed by atoms with E-state index in [1.807, 2.05) is 30.3 Å². The van der Waals surface area contributed by atoms with Crippen LogP contribution >= 0.6 is 0 Å². The number of nitro groups is 1. The monoisotopic (exact) mass is 439 g/mol. The maximum Gasteiger partial charge on any atom is 0.343 e. The zero-order valence-electron chi connectivity index (χ0n) is 17.2. The van der Waals surface area contributed by atoms with Gasteiger partial charge < -0.3 is 4.74 Å². The molecule has 0 aliphatic heterocycles. The molecule has 4 rings (SSSR count). The van der Waals surface area contributed by atoms with E-state index in [1.165, 1.54) is 24.4 Å². The van der Waals surface area contributed by atoms with Gasteiger partial charge in [-0.2, -0.15) is 5.10 Å². The van der Waals surface area contributed by atoms with Gasteiger partial charge in [-0.05, 0) is 35.0 Å². The number of carbonyl (C=O) groups is 2. The van der Waals surface area contributed by atoms with Crippen molar-refractivity contribution in [2.45, 2.75) is 0 Å². The van der Waals surface area contributed by atoms with E-state index in [0.717, 1.165) is 10.8 Å². The van der Waals surface area contributed by atoms with Crippen LogP contribution in [0.3, 0.4) is 0 Å². The Morgan fingerprint density at radius 2 is 1.64 bits per heavy atom. The third-order valence-corrected chi connectivity index (χ3v) is 4.82. The number of rotatable bonds is 6. The third-order valence-electron chi connectivity index (χ3n) is 4.82. The number of amides is 1. The van der Waals surface area contributed by atoms with Gasteiger partial charge in [-0.3, -0.25) is 14.9 Å². The second kappa shape index (κ2) is 9.52. The first-order chi connectivity index (χ1) is 16.0. The predicted molar refractivity (Wildman–Crippen MR) is 124 cm³/mol. The van der Waals surface area contributed by atoms with Crippen LogP contribution in [0.2, 0.25) is 0 Å². The largest absolute Gasteiger partial charge is 0.422 e. The normalized spacial score (nSPS) is 10.8. The molecule has 33 heavy (non-hydrogen) atoms. The van der Waals surface area contributed by atoms with Crippen molar-refractivity contribution in [1.82, 2.24) is 5.43 Å². The van der Waals surface area contributed by atoms with Gasteiger partial charge in [-0.15, -0.1) is 0 Å². The minimum Gasteiger partial charge on any atom is -0.422 e. The molecule has 0 aromatic heterocycles. The predicted octanol–water partition coefficient (Wildman–Crippen LogP) is 4.73. The molecule has 8 nitrogen and oxygen atoms in total. The minimum atomic E-state index is -0.626. The Morgan fingerprint density at radius 1 is 0.909 bits per heavy atom. The van der Waals surface area contributed by atoms with Crippen molar-refractivity contribution >= 4 is 34.6 Å². The van der Waals surface area contributed by atoms with Crippen LogP contribution in [0, 0.1) is 10.1 Å². The molecule has 0 saturated heterocycles. The Balaban J connectivity index is 1.58. The van der Waals surface area contributed by atoms with Crippen LogP contribution in [-0.4, -0.2) is 23.0 Å². The summed E-state index contributed by atoms with van der Waals surface area (Å²) in [5.74, 6) is -1.01. The smallest absolute Gasteiger partial charge is 0.343 e. The van der Waals surface area contributed by atoms with Gasteiger partial charge >= 0.3 is 5.97 Å². The molecular formula is C25H17N3O5. The molecule has 0 aliphatic rings. The second-order valence-corrected chi connectivity index (χ2v) is 6.96. The first kappa shape index (κ1) is 21.4. The van der Waals surface area contributed by atoms with E-state index in [2.05, 4.69) is 10.5 Å². The van der Waals surface area contributed by atoms with Gasteiger partial charge in [0.05, 0.1) is 16.7 Å². The quantitative estimate of drug-likeness (QED) is 0.153. The number of fused-ring (bicyclic) bond motifs is 1. The number of nitro benzene ring substituents is 1. The van der Waals surface area contributed by atoms with E-state index in [9.17, 15) is 19.7 Å². The van der Waals surface area contributed by atoms with Crippen molar-refractivity contribution in [3.8, 4) is 5.75 Å². The highest BCUT2D eigenvalue weighted by Crippen LogP contribution is 2.24. The summed E-state index contributed by atoms with van der Waals surface area (Å²) in [6.07, 6.45) is 1.20. The summed E-state index contributed by atoms with van der Waals surface area (Å²) in [6, 6.07) is 24.8. The maximum atomic E-state index is 12.7. The van der Waals surface area contributed by atoms with Gasteiger partial charge in [-0.25, -0.2) is 10.2 Å². The van der Waals surface area contributed by atoms with Crippen LogP contribution in [0.4, 0.5) is 5.69 Å². The highest BCUT2D eigenvalue weighted by Gasteiger charge is 2.15. The van der Waals surface area contributed by atoms with Gasteiger partial charge in [-0.1, -0.05) is 54.6 Å². The zero-order chi connectivity index (χ0) is 23.2. The minimum absolute atomic E-state index is 0.0672. The number of non-ortho nitro benzene ring substituents is 1. The number of hydrogen-bond donors (Lipinski definition) is 1. The van der Waals surface area contributed by atoms with Crippen molar-refractivity contribution < 1.29 is 19.2 Å². The first-order valence-electron chi connectivity index (χ1n) is 9.90. The Labute approximate surface area is 188 Å². The molecule has 0 heterocycles. The molecule has 4 aromatic rings. The van der Waals surface area contributed by atoms with Gasteiger partial charge in [0.25, 0.3) is 11.6 Å². The van der Waals surface area contributed by atoms with Crippen LogP contribution in [0.15, 0.2) is 96.1 Å². The van der Waals surface area contributed by atoms with Crippen molar-refractivity contribution in [3.63, 3.8) is 0 Å². The van der Waals surface area contributed by atoms with Crippen molar-refractivity contribution in [2.75, 3.05) is 0 Å². The van der Waals surface area contributed by atoms with E-state index in [-0.39, 0.29) is 17.0 Å². The Morgan fingerprint density at radius 3 is 2.42 bits per heavy atom. The van der Waals surface area contributed by atoms with Crippen LogP contribution in [0.5, 0.6) is 5.75 Å². The van der Waals surface area contributed by atoms with E-state index in [4.69, 9.17) is 4.74 Å². The van der Waals surface area contributed by atoms with Crippen molar-refractivity contribution in [2.24, 2.45) is 5.10 Å². The molecule has 0 radical (unpaired) electrons. The lowest BCUT2D eigenvalue weighted by Crippen LogP contribution is -2.18. The van der Waals surface area contributed by atoms with Crippen LogP contribution < -0.4 is 10.2 Å². The highest BCUT2D eigenvalue weighted by atomic mass is 16.6. The molecule has 162 valence electrons. The Hall–Kier alpha value is -4.85. The molecular weight excluding hydrogens is 422 g/mol. The second-order valence-electron chi connectivity index (χ2n) is 6.96. The number of benzene rings is 4. The van der Waals surface area contributed by atoms with Crippen LogP contribution in [-0.2, 0) is 0 Å². The molecule has 0 spiro atoms. The first-order valence-corrected chi connectivity index (χ1v) is 9.90. The molecule has 0 saturated carbocycles. The topological polar surface area (TPSA) is 111 Å². The molecule has 1 N–H and O–H groups in total. The molecule has 4 aromatic carbocycles. The molecule has 8 heteroatoms. The van der Waals surface area contributed by atoms with Crippen LogP contribution in [0.1, 0.15) is 26.3 Å². The molecule has 1 amide bonds. The molecule has 0 unspecified atom stereocenters. The summed E-state index contributed by atoms with van der Waals surface area (Å²) in [7, 11) is 0. The average Bonchev–Trinajstić information content (AvgIpc) is 2.84. The lowest BCUT2D eigenvalue weighted by molar-refractivity contribution is -0.384. The number of ether oxygens (including phenoxy) is 1. The lowest BCUT2D eigenvalue weighted by Gasteiger charge is -2.08. The number of hydrazone groups is 1. The third kappa shape index (κ3) is 4.91. The number of nitrogens with zero attached hydrogens (tertiary/aromatic N) is 2. The molecule has 0 atom stereocenters. The van der Waals surface area contributed by atoms with Crippen molar-refractivity contribution in [3.05, 3.63) is 118 Å². The fraction of sp³-hybridized carbons (Fsp3) is 0. The van der Waals surface area contributed by atoms with E-state index >= 15 is 0 Å². The number of hydrogen-bond acceptors (Lipinski definition) is 6. The summed E-state index contributed by atoms with van der Waals surface area (Å²) in [6.45, 7) is 0. The van der Waals surface area contributed by atoms with Crippen molar-refractivity contribution in [1.29, 1.82) is 0 Å². The Bertz CT molecular complexity index is 1380. The summed E-state index contributed by atoms with van der Waals surface area (Å²) < 4.78 is 5.40. The van der Waals surface area contributed by atoms with E-state index in [1.54, 1.807) is 42.5 Å². The molecule has 0 aliphatic carbocycles. The van der Waals surface area contributed by atoms with Crippen LogP contribution in [0.25, 0.3) is 10.8 Å². The highest BCUT2D eigenvalue weighted by molar-refractivity contribution is 6.07. The molecule has 0 bridgehead atoms. The fourth-order valence-corrected chi connectivity index (χ4v) is 3.22. The average molecular weight is 439 g/mol. The standard InChI is InChI=1S/C25H17N3O5/c29-24(22-12-6-10-17-7-4-5-11-21(17)22)27-26-16-19-15-20(28(31)32)13-14-23(19)33-25(30)18-8-2-1-3-9-18/h1-16H,(H,27,29)/b26-16+. The van der Waals surface area contributed by atoms with E-state index < -0.39 is 16.8 Å². The fourth-order valence-electron chi connectivity index (χ4n) is 3.22. The summed E-state index contributed by atoms with van der Waals surface area (Å²) in [5, 5.41) is 16.8. The lowest BCUT2D eigenvalue weighted by atomic mass is 10.0.